The van der Waals surface area contributed by atoms with Gasteiger partial charge in [0.2, 0.25) is 5.78 Å². The highest BCUT2D eigenvalue weighted by Gasteiger charge is 1.78. The first kappa shape index (κ1) is 6.03. The lowest BCUT2D eigenvalue weighted by Gasteiger charge is -1.66. The Bertz CT molecular complexity index is 138. The number of hydrogen-bond acceptors (Lipinski definition) is 1. The normalized spacial score (nSPS) is 5.71. The third-order valence-electron chi connectivity index (χ3n) is 0.434. The van der Waals surface area contributed by atoms with Crippen LogP contribution in [0.15, 0.2) is 12.7 Å². The monoisotopic (exact) mass is 92.0 g/mol. The minimum Gasteiger partial charge on any atom is -0.280 e. The molecule has 0 amide bonds. The standard InChI is InChI=1S/C5H5BO/c1-2-5(7)3-4-6/h2H,1,6H2. The quantitative estimate of drug-likeness (QED) is 0.238. The molecule has 7 heavy (non-hydrogen) atoms. The first-order valence-electron chi connectivity index (χ1n) is 1.90. The van der Waals surface area contributed by atoms with E-state index in [1.165, 1.54) is 6.08 Å². The Morgan fingerprint density at radius 3 is 2.57 bits per heavy atom. The van der Waals surface area contributed by atoms with Crippen molar-refractivity contribution in [2.24, 2.45) is 0 Å². The van der Waals surface area contributed by atoms with Gasteiger partial charge in [-0.3, -0.25) is 4.79 Å². The van der Waals surface area contributed by atoms with Crippen molar-refractivity contribution in [1.29, 1.82) is 0 Å². The van der Waals surface area contributed by atoms with Crippen molar-refractivity contribution in [3.05, 3.63) is 12.7 Å². The summed E-state index contributed by atoms with van der Waals surface area (Å²) in [6.45, 7) is 3.23. The van der Waals surface area contributed by atoms with Crippen molar-refractivity contribution >= 4 is 13.6 Å². The summed E-state index contributed by atoms with van der Waals surface area (Å²) in [6.07, 6.45) is 1.19. The molecule has 0 bridgehead atoms. The molecule has 0 saturated carbocycles. The van der Waals surface area contributed by atoms with Crippen LogP contribution in [0.4, 0.5) is 0 Å². The van der Waals surface area contributed by atoms with Gasteiger partial charge in [0.1, 0.15) is 0 Å². The van der Waals surface area contributed by atoms with Crippen LogP contribution < -0.4 is 0 Å². The van der Waals surface area contributed by atoms with E-state index in [0.717, 1.165) is 0 Å². The van der Waals surface area contributed by atoms with E-state index in [1.807, 2.05) is 0 Å². The van der Waals surface area contributed by atoms with Gasteiger partial charge >= 0.3 is 0 Å². The Morgan fingerprint density at radius 1 is 1.86 bits per heavy atom. The zero-order valence-electron chi connectivity index (χ0n) is 4.19. The summed E-state index contributed by atoms with van der Waals surface area (Å²) in [4.78, 5) is 10.1. The summed E-state index contributed by atoms with van der Waals surface area (Å²) in [5.74, 6) is 4.52. The van der Waals surface area contributed by atoms with Gasteiger partial charge in [-0.2, -0.15) is 5.82 Å². The van der Waals surface area contributed by atoms with E-state index in [9.17, 15) is 4.79 Å². The lowest BCUT2D eigenvalue weighted by Crippen LogP contribution is -1.82. The molecule has 0 unspecified atom stereocenters. The van der Waals surface area contributed by atoms with Crippen molar-refractivity contribution in [2.45, 2.75) is 0 Å². The summed E-state index contributed by atoms with van der Waals surface area (Å²) in [7, 11) is 1.61. The van der Waals surface area contributed by atoms with E-state index in [2.05, 4.69) is 18.3 Å². The molecule has 0 fully saturated rings. The zero-order valence-corrected chi connectivity index (χ0v) is 4.19. The number of allylic oxidation sites excluding steroid dienone is 1. The highest BCUT2D eigenvalue weighted by Crippen LogP contribution is 1.63. The SMILES string of the molecule is BC#CC(=O)C=C. The van der Waals surface area contributed by atoms with E-state index in [1.54, 1.807) is 7.85 Å². The summed E-state index contributed by atoms with van der Waals surface area (Å²) in [5.41, 5.74) is 0. The minimum absolute atomic E-state index is 0.220. The van der Waals surface area contributed by atoms with Crippen LogP contribution in [0.2, 0.25) is 0 Å². The molecule has 0 rings (SSSR count). The van der Waals surface area contributed by atoms with Gasteiger partial charge in [-0.1, -0.05) is 6.58 Å². The van der Waals surface area contributed by atoms with Crippen molar-refractivity contribution in [3.63, 3.8) is 0 Å². The maximum Gasteiger partial charge on any atom is 0.227 e. The molecule has 34 valence electrons. The van der Waals surface area contributed by atoms with Crippen molar-refractivity contribution in [3.8, 4) is 11.7 Å². The molecule has 0 aliphatic heterocycles. The molecular formula is C5H5BO. The molecule has 0 aromatic heterocycles. The molecule has 0 aromatic carbocycles. The van der Waals surface area contributed by atoms with Crippen LogP contribution in [0.3, 0.4) is 0 Å². The molecule has 0 aromatic rings. The summed E-state index contributed by atoms with van der Waals surface area (Å²) in [6, 6.07) is 0. The van der Waals surface area contributed by atoms with E-state index < -0.39 is 0 Å². The number of rotatable bonds is 1. The fraction of sp³-hybridized carbons (Fsp3) is 0. The summed E-state index contributed by atoms with van der Waals surface area (Å²) in [5, 5.41) is 0. The van der Waals surface area contributed by atoms with E-state index in [-0.39, 0.29) is 5.78 Å². The van der Waals surface area contributed by atoms with Crippen LogP contribution in [-0.2, 0) is 4.79 Å². The number of carbonyl (C=O) groups excluding carboxylic acids is 1. The average molecular weight is 91.9 g/mol. The smallest absolute Gasteiger partial charge is 0.227 e. The second kappa shape index (κ2) is 3.23. The van der Waals surface area contributed by atoms with Gasteiger partial charge in [0.25, 0.3) is 0 Å². The Morgan fingerprint density at radius 2 is 2.43 bits per heavy atom. The van der Waals surface area contributed by atoms with E-state index in [0.29, 0.717) is 0 Å². The second-order valence-electron chi connectivity index (χ2n) is 0.943. The fourth-order valence-electron chi connectivity index (χ4n) is 0.174. The Labute approximate surface area is 43.8 Å². The maximum atomic E-state index is 10.1. The molecule has 0 atom stereocenters. The van der Waals surface area contributed by atoms with Gasteiger partial charge in [0.15, 0.2) is 7.85 Å². The predicted molar refractivity (Wildman–Crippen MR) is 31.5 cm³/mol. The molecule has 0 N–H and O–H groups in total. The predicted octanol–water partition coefficient (Wildman–Crippen LogP) is -0.665. The summed E-state index contributed by atoms with van der Waals surface area (Å²) < 4.78 is 0. The van der Waals surface area contributed by atoms with E-state index >= 15 is 0 Å². The lowest BCUT2D eigenvalue weighted by molar-refractivity contribution is -0.109. The number of ketones is 1. The first-order chi connectivity index (χ1) is 3.31. The molecular weight excluding hydrogens is 86.9 g/mol. The van der Waals surface area contributed by atoms with Crippen LogP contribution in [0.25, 0.3) is 0 Å². The highest BCUT2D eigenvalue weighted by atomic mass is 16.1. The molecule has 0 radical (unpaired) electrons. The lowest BCUT2D eigenvalue weighted by atomic mass is 10.2. The van der Waals surface area contributed by atoms with Gasteiger partial charge in [0, 0.05) is 0 Å². The average Bonchev–Trinajstić information content (AvgIpc) is 1.68. The Hall–Kier alpha value is -0.965. The largest absolute Gasteiger partial charge is 0.280 e. The molecule has 2 heteroatoms. The fourth-order valence-corrected chi connectivity index (χ4v) is 0.174. The molecule has 0 spiro atoms. The van der Waals surface area contributed by atoms with Crippen LogP contribution in [-0.4, -0.2) is 13.6 Å². The topological polar surface area (TPSA) is 17.1 Å². The van der Waals surface area contributed by atoms with E-state index in [4.69, 9.17) is 0 Å². The number of carbonyl (C=O) groups is 1. The highest BCUT2D eigenvalue weighted by molar-refractivity contribution is 6.25. The van der Waals surface area contributed by atoms with Crippen molar-refractivity contribution in [1.82, 2.24) is 0 Å². The third kappa shape index (κ3) is 2.85. The maximum absolute atomic E-state index is 10.1. The molecule has 0 heterocycles. The van der Waals surface area contributed by atoms with Crippen molar-refractivity contribution < 1.29 is 4.79 Å². The molecule has 0 aliphatic rings. The van der Waals surface area contributed by atoms with Gasteiger partial charge in [0.05, 0.1) is 0 Å². The van der Waals surface area contributed by atoms with Gasteiger partial charge < -0.3 is 0 Å². The molecule has 0 saturated heterocycles. The number of hydrogen-bond donors (Lipinski definition) is 0. The second-order valence-corrected chi connectivity index (χ2v) is 0.943. The Balaban J connectivity index is 3.74. The first-order valence-corrected chi connectivity index (χ1v) is 1.90. The third-order valence-corrected chi connectivity index (χ3v) is 0.434. The van der Waals surface area contributed by atoms with Crippen LogP contribution in [0, 0.1) is 11.7 Å². The zero-order chi connectivity index (χ0) is 5.70. The molecule has 1 nitrogen and oxygen atoms in total. The molecule has 0 aliphatic carbocycles. The van der Waals surface area contributed by atoms with Crippen LogP contribution in [0.1, 0.15) is 0 Å². The van der Waals surface area contributed by atoms with Crippen LogP contribution in [0.5, 0.6) is 0 Å². The van der Waals surface area contributed by atoms with Gasteiger partial charge in [-0.05, 0) is 12.0 Å². The van der Waals surface area contributed by atoms with Crippen molar-refractivity contribution in [2.75, 3.05) is 0 Å². The minimum atomic E-state index is -0.220. The Kier molecular flexibility index (Phi) is 2.79. The van der Waals surface area contributed by atoms with Crippen LogP contribution >= 0.6 is 0 Å². The van der Waals surface area contributed by atoms with Gasteiger partial charge in [-0.15, -0.1) is 0 Å². The summed E-state index contributed by atoms with van der Waals surface area (Å²) >= 11 is 0. The van der Waals surface area contributed by atoms with Gasteiger partial charge in [-0.25, -0.2) is 0 Å².